The first-order chi connectivity index (χ1) is 12.3. The molecule has 0 bridgehead atoms. The average molecular weight is 349 g/mol. The van der Waals surface area contributed by atoms with Crippen LogP contribution in [-0.4, -0.2) is 17.6 Å². The highest BCUT2D eigenvalue weighted by molar-refractivity contribution is 6.41. The normalized spacial score (nSPS) is 15.4. The van der Waals surface area contributed by atoms with Gasteiger partial charge in [-0.25, -0.2) is 0 Å². The fraction of sp³-hybridized carbons (Fsp3) is 0.200. The Morgan fingerprint density at radius 1 is 1.15 bits per heavy atom. The molecular weight excluding hydrogens is 331 g/mol. The van der Waals surface area contributed by atoms with Gasteiger partial charge in [0.1, 0.15) is 0 Å². The maximum absolute atomic E-state index is 13.8. The Morgan fingerprint density at radius 2 is 1.88 bits per heavy atom. The molecule has 26 heavy (non-hydrogen) atoms. The molecular formula is C20H18BF2N3. The van der Waals surface area contributed by atoms with Crippen LogP contribution in [0, 0.1) is 25.2 Å². The minimum absolute atomic E-state index is 0.439. The first-order valence-electron chi connectivity index (χ1n) is 8.29. The van der Waals surface area contributed by atoms with Crippen LogP contribution in [0.2, 0.25) is 0 Å². The van der Waals surface area contributed by atoms with E-state index in [9.17, 15) is 13.9 Å². The predicted molar refractivity (Wildman–Crippen MR) is 101 cm³/mol. The highest BCUT2D eigenvalue weighted by atomic mass is 19.2. The molecule has 1 aromatic carbocycles. The van der Waals surface area contributed by atoms with Crippen LogP contribution in [0.1, 0.15) is 41.9 Å². The Bertz CT molecular complexity index is 1020. The largest absolute Gasteiger partial charge is 0.677 e. The number of aryl methyl sites for hydroxylation is 2. The van der Waals surface area contributed by atoms with Crippen LogP contribution in [-0.2, 0) is 0 Å². The van der Waals surface area contributed by atoms with Crippen LogP contribution in [0.4, 0.5) is 8.63 Å². The topological polar surface area (TPSA) is 41.1 Å². The fourth-order valence-corrected chi connectivity index (χ4v) is 3.45. The third-order valence-electron chi connectivity index (χ3n) is 4.46. The van der Waals surface area contributed by atoms with Gasteiger partial charge in [-0.05, 0) is 68.7 Å². The smallest absolute Gasteiger partial charge is 0.329 e. The van der Waals surface area contributed by atoms with Crippen molar-refractivity contribution in [3.63, 3.8) is 0 Å². The van der Waals surface area contributed by atoms with Gasteiger partial charge >= 0.3 is 7.40 Å². The molecule has 0 unspecified atom stereocenters. The maximum atomic E-state index is 13.8. The van der Waals surface area contributed by atoms with Crippen molar-refractivity contribution < 1.29 is 8.63 Å². The molecule has 1 aliphatic rings. The predicted octanol–water partition coefficient (Wildman–Crippen LogP) is 4.93. The maximum Gasteiger partial charge on any atom is 0.677 e. The SMILES string of the molecule is CC1=CC(C)=N/C1=C(/c1cccc(C#N)c1)c1c(C)cc(C)n1B(F)F. The molecule has 0 radical (unpaired) electrons. The van der Waals surface area contributed by atoms with Crippen LogP contribution in [0.25, 0.3) is 5.57 Å². The molecule has 2 aromatic rings. The first kappa shape index (κ1) is 17.9. The number of hydrogen-bond donors (Lipinski definition) is 0. The molecule has 0 amide bonds. The van der Waals surface area contributed by atoms with E-state index in [2.05, 4.69) is 11.1 Å². The van der Waals surface area contributed by atoms with Crippen LogP contribution >= 0.6 is 0 Å². The lowest BCUT2D eigenvalue weighted by Gasteiger charge is -2.16. The summed E-state index contributed by atoms with van der Waals surface area (Å²) in [5, 5.41) is 9.25. The van der Waals surface area contributed by atoms with Crippen molar-refractivity contribution in [1.29, 1.82) is 5.26 Å². The molecule has 0 saturated heterocycles. The lowest BCUT2D eigenvalue weighted by molar-refractivity contribution is 0.624. The van der Waals surface area contributed by atoms with Crippen molar-refractivity contribution >= 4 is 18.7 Å². The fourth-order valence-electron chi connectivity index (χ4n) is 3.45. The quantitative estimate of drug-likeness (QED) is 0.725. The molecule has 0 N–H and O–H groups in total. The van der Waals surface area contributed by atoms with Gasteiger partial charge in [0.05, 0.1) is 17.3 Å². The third-order valence-corrected chi connectivity index (χ3v) is 4.46. The number of rotatable bonds is 3. The molecule has 6 heteroatoms. The van der Waals surface area contributed by atoms with Gasteiger partial charge in [-0.3, -0.25) is 13.6 Å². The van der Waals surface area contributed by atoms with Crippen LogP contribution in [0.3, 0.4) is 0 Å². The van der Waals surface area contributed by atoms with E-state index < -0.39 is 7.40 Å². The third kappa shape index (κ3) is 3.01. The van der Waals surface area contributed by atoms with Gasteiger partial charge in [-0.15, -0.1) is 0 Å². The van der Waals surface area contributed by atoms with Gasteiger partial charge in [0.2, 0.25) is 0 Å². The number of nitriles is 1. The van der Waals surface area contributed by atoms with Gasteiger partial charge in [0, 0.05) is 22.7 Å². The first-order valence-corrected chi connectivity index (χ1v) is 8.29. The molecule has 0 spiro atoms. The van der Waals surface area contributed by atoms with Crippen LogP contribution < -0.4 is 0 Å². The number of halogens is 2. The second kappa shape index (κ2) is 6.76. The number of benzene rings is 1. The van der Waals surface area contributed by atoms with E-state index >= 15 is 0 Å². The summed E-state index contributed by atoms with van der Waals surface area (Å²) in [5.41, 5.74) is 5.89. The second-order valence-electron chi connectivity index (χ2n) is 6.46. The zero-order chi connectivity index (χ0) is 19.0. The number of aromatic nitrogens is 1. The Kier molecular flexibility index (Phi) is 4.65. The Hall–Kier alpha value is -2.94. The summed E-state index contributed by atoms with van der Waals surface area (Å²) in [7, 11) is -2.66. The molecule has 3 nitrogen and oxygen atoms in total. The van der Waals surface area contributed by atoms with E-state index in [1.54, 1.807) is 31.2 Å². The number of allylic oxidation sites excluding steroid dienone is 2. The summed E-state index contributed by atoms with van der Waals surface area (Å²) in [6, 6.07) is 10.9. The Labute approximate surface area is 152 Å². The minimum atomic E-state index is -2.66. The monoisotopic (exact) mass is 349 g/mol. The van der Waals surface area contributed by atoms with Gasteiger partial charge in [-0.2, -0.15) is 5.26 Å². The molecule has 1 aromatic heterocycles. The van der Waals surface area contributed by atoms with Crippen molar-refractivity contribution in [1.82, 2.24) is 4.48 Å². The van der Waals surface area contributed by atoms with Gasteiger partial charge in [0.25, 0.3) is 0 Å². The van der Waals surface area contributed by atoms with E-state index in [1.165, 1.54) is 0 Å². The molecule has 0 saturated carbocycles. The van der Waals surface area contributed by atoms with E-state index in [1.807, 2.05) is 32.9 Å². The summed E-state index contributed by atoms with van der Waals surface area (Å²) in [6.07, 6.45) is 1.93. The average Bonchev–Trinajstić information content (AvgIpc) is 3.06. The summed E-state index contributed by atoms with van der Waals surface area (Å²) in [5.74, 6) is 0. The summed E-state index contributed by atoms with van der Waals surface area (Å²) in [6.45, 7) is 7.29. The second-order valence-corrected chi connectivity index (χ2v) is 6.46. The number of hydrogen-bond acceptors (Lipinski definition) is 2. The van der Waals surface area contributed by atoms with E-state index in [0.29, 0.717) is 33.8 Å². The molecule has 1 aliphatic heterocycles. The standard InChI is InChI=1S/C20H18BF2N3/c1-12-8-14(3)25-19(12)18(17-7-5-6-16(10-17)11-24)20-13(2)9-15(4)26(20)21(22)23/h5-10H,1-4H3/b19-18-. The Morgan fingerprint density at radius 3 is 2.46 bits per heavy atom. The van der Waals surface area contributed by atoms with Gasteiger partial charge in [-0.1, -0.05) is 12.1 Å². The lowest BCUT2D eigenvalue weighted by Crippen LogP contribution is -2.18. The number of aliphatic imine (C=N–C) groups is 1. The van der Waals surface area contributed by atoms with Crippen molar-refractivity contribution in [2.24, 2.45) is 4.99 Å². The molecule has 3 rings (SSSR count). The summed E-state index contributed by atoms with van der Waals surface area (Å²) >= 11 is 0. The Balaban J connectivity index is 2.41. The molecule has 130 valence electrons. The van der Waals surface area contributed by atoms with Crippen LogP contribution in [0.15, 0.2) is 52.7 Å². The lowest BCUT2D eigenvalue weighted by atomic mass is 9.93. The highest BCUT2D eigenvalue weighted by Gasteiger charge is 2.29. The van der Waals surface area contributed by atoms with Crippen molar-refractivity contribution in [3.8, 4) is 6.07 Å². The molecule has 0 atom stereocenters. The van der Waals surface area contributed by atoms with Crippen LogP contribution in [0.5, 0.6) is 0 Å². The number of nitrogens with zero attached hydrogens (tertiary/aromatic N) is 3. The summed E-state index contributed by atoms with van der Waals surface area (Å²) in [4.78, 5) is 4.59. The molecule has 0 fully saturated rings. The van der Waals surface area contributed by atoms with Gasteiger partial charge in [0.15, 0.2) is 0 Å². The van der Waals surface area contributed by atoms with E-state index in [-0.39, 0.29) is 0 Å². The molecule has 0 aliphatic carbocycles. The zero-order valence-electron chi connectivity index (χ0n) is 15.1. The van der Waals surface area contributed by atoms with Crippen molar-refractivity contribution in [3.05, 3.63) is 75.8 Å². The van der Waals surface area contributed by atoms with E-state index in [0.717, 1.165) is 21.3 Å². The van der Waals surface area contributed by atoms with Crippen molar-refractivity contribution in [2.75, 3.05) is 0 Å². The highest BCUT2D eigenvalue weighted by Crippen LogP contribution is 2.37. The minimum Gasteiger partial charge on any atom is -0.329 e. The summed E-state index contributed by atoms with van der Waals surface area (Å²) < 4.78 is 28.7. The van der Waals surface area contributed by atoms with Crippen molar-refractivity contribution in [2.45, 2.75) is 27.7 Å². The van der Waals surface area contributed by atoms with E-state index in [4.69, 9.17) is 0 Å². The zero-order valence-corrected chi connectivity index (χ0v) is 15.1. The van der Waals surface area contributed by atoms with Gasteiger partial charge < -0.3 is 4.48 Å². The molecule has 2 heterocycles.